The molecule has 1 aliphatic heterocycles. The Labute approximate surface area is 192 Å². The molecule has 3 N–H and O–H groups in total. The molecule has 1 saturated heterocycles. The summed E-state index contributed by atoms with van der Waals surface area (Å²) in [5.74, 6) is -2.52. The Morgan fingerprint density at radius 1 is 0.818 bits per heavy atom. The van der Waals surface area contributed by atoms with Gasteiger partial charge in [-0.05, 0) is 17.7 Å². The lowest BCUT2D eigenvalue weighted by Crippen LogP contribution is -2.48. The maximum absolute atomic E-state index is 12.5. The number of methoxy groups -OCH3 is 2. The SMILES string of the molecule is COc1cccc(OC)c1NC(=O)CN1CCN(Cc2ccccc2)CC1.O=C(O)C(=O)O. The van der Waals surface area contributed by atoms with Crippen LogP contribution in [0.1, 0.15) is 5.56 Å². The largest absolute Gasteiger partial charge is 0.494 e. The van der Waals surface area contributed by atoms with Crippen molar-refractivity contribution in [3.63, 3.8) is 0 Å². The van der Waals surface area contributed by atoms with Crippen LogP contribution in [0.3, 0.4) is 0 Å². The van der Waals surface area contributed by atoms with Crippen LogP contribution in [0.25, 0.3) is 0 Å². The first-order valence-corrected chi connectivity index (χ1v) is 10.3. The second kappa shape index (κ2) is 13.0. The van der Waals surface area contributed by atoms with Gasteiger partial charge in [-0.15, -0.1) is 0 Å². The van der Waals surface area contributed by atoms with Crippen LogP contribution in [0.2, 0.25) is 0 Å². The molecule has 33 heavy (non-hydrogen) atoms. The van der Waals surface area contributed by atoms with Gasteiger partial charge in [0.05, 0.1) is 20.8 Å². The van der Waals surface area contributed by atoms with Crippen LogP contribution >= 0.6 is 0 Å². The van der Waals surface area contributed by atoms with E-state index in [-0.39, 0.29) is 5.91 Å². The van der Waals surface area contributed by atoms with Gasteiger partial charge in [0, 0.05) is 32.7 Å². The summed E-state index contributed by atoms with van der Waals surface area (Å²) in [6.45, 7) is 4.99. The standard InChI is InChI=1S/C21H27N3O3.C2H2O4/c1-26-18-9-6-10-19(27-2)21(18)22-20(25)16-24-13-11-23(12-14-24)15-17-7-4-3-5-8-17;3-1(4)2(5)6/h3-10H,11-16H2,1-2H3,(H,22,25);(H,3,4)(H,5,6). The molecule has 1 fully saturated rings. The summed E-state index contributed by atoms with van der Waals surface area (Å²) in [5, 5.41) is 17.7. The third-order valence-corrected chi connectivity index (χ3v) is 4.96. The molecule has 0 aromatic heterocycles. The van der Waals surface area contributed by atoms with Gasteiger partial charge in [-0.2, -0.15) is 0 Å². The Morgan fingerprint density at radius 3 is 1.82 bits per heavy atom. The van der Waals surface area contributed by atoms with Crippen LogP contribution in [0.15, 0.2) is 48.5 Å². The fraction of sp³-hybridized carbons (Fsp3) is 0.348. The number of nitrogens with zero attached hydrogens (tertiary/aromatic N) is 2. The van der Waals surface area contributed by atoms with Crippen LogP contribution in [-0.4, -0.2) is 84.8 Å². The van der Waals surface area contributed by atoms with E-state index in [0.717, 1.165) is 32.7 Å². The molecule has 10 nitrogen and oxygen atoms in total. The van der Waals surface area contributed by atoms with Crippen LogP contribution < -0.4 is 14.8 Å². The lowest BCUT2D eigenvalue weighted by molar-refractivity contribution is -0.159. The van der Waals surface area contributed by atoms with Gasteiger partial charge < -0.3 is 25.0 Å². The molecule has 1 amide bonds. The van der Waals surface area contributed by atoms with Gasteiger partial charge in [0.15, 0.2) is 0 Å². The van der Waals surface area contributed by atoms with Crippen molar-refractivity contribution in [1.29, 1.82) is 0 Å². The van der Waals surface area contributed by atoms with Crippen LogP contribution in [0, 0.1) is 0 Å². The van der Waals surface area contributed by atoms with Crippen molar-refractivity contribution < 1.29 is 34.1 Å². The van der Waals surface area contributed by atoms with Crippen molar-refractivity contribution in [2.45, 2.75) is 6.54 Å². The molecular weight excluding hydrogens is 430 g/mol. The highest BCUT2D eigenvalue weighted by Gasteiger charge is 2.20. The summed E-state index contributed by atoms with van der Waals surface area (Å²) in [7, 11) is 3.16. The molecule has 0 aliphatic carbocycles. The van der Waals surface area contributed by atoms with Crippen molar-refractivity contribution in [1.82, 2.24) is 9.80 Å². The molecular formula is C23H29N3O7. The average Bonchev–Trinajstić information content (AvgIpc) is 2.81. The van der Waals surface area contributed by atoms with E-state index >= 15 is 0 Å². The lowest BCUT2D eigenvalue weighted by atomic mass is 10.2. The van der Waals surface area contributed by atoms with Crippen molar-refractivity contribution in [3.8, 4) is 11.5 Å². The predicted octanol–water partition coefficient (Wildman–Crippen LogP) is 1.62. The molecule has 0 atom stereocenters. The summed E-state index contributed by atoms with van der Waals surface area (Å²) >= 11 is 0. The highest BCUT2D eigenvalue weighted by molar-refractivity contribution is 6.27. The number of anilines is 1. The number of benzene rings is 2. The molecule has 1 aliphatic rings. The fourth-order valence-electron chi connectivity index (χ4n) is 3.30. The summed E-state index contributed by atoms with van der Waals surface area (Å²) in [5.41, 5.74) is 1.90. The molecule has 0 bridgehead atoms. The second-order valence-corrected chi connectivity index (χ2v) is 7.23. The topological polar surface area (TPSA) is 129 Å². The van der Waals surface area contributed by atoms with Crippen molar-refractivity contribution in [2.24, 2.45) is 0 Å². The number of carbonyl (C=O) groups is 3. The molecule has 0 saturated carbocycles. The van der Waals surface area contributed by atoms with E-state index in [2.05, 4.69) is 39.4 Å². The van der Waals surface area contributed by atoms with E-state index in [1.54, 1.807) is 26.4 Å². The van der Waals surface area contributed by atoms with E-state index < -0.39 is 11.9 Å². The maximum Gasteiger partial charge on any atom is 0.414 e. The molecule has 2 aromatic carbocycles. The maximum atomic E-state index is 12.5. The Balaban J connectivity index is 0.000000569. The van der Waals surface area contributed by atoms with Gasteiger partial charge in [-0.1, -0.05) is 36.4 Å². The number of amides is 1. The average molecular weight is 459 g/mol. The van der Waals surface area contributed by atoms with Gasteiger partial charge in [0.1, 0.15) is 17.2 Å². The Kier molecular flexibility index (Phi) is 10.1. The Morgan fingerprint density at radius 2 is 1.33 bits per heavy atom. The molecule has 2 aromatic rings. The number of nitrogens with one attached hydrogen (secondary N) is 1. The van der Waals surface area contributed by atoms with Crippen molar-refractivity contribution >= 4 is 23.5 Å². The molecule has 0 spiro atoms. The van der Waals surface area contributed by atoms with Gasteiger partial charge in [0.2, 0.25) is 5.91 Å². The number of piperazine rings is 1. The van der Waals surface area contributed by atoms with Gasteiger partial charge in [-0.3, -0.25) is 14.6 Å². The smallest absolute Gasteiger partial charge is 0.414 e. The zero-order chi connectivity index (χ0) is 24.2. The normalized spacial score (nSPS) is 13.9. The van der Waals surface area contributed by atoms with Crippen LogP contribution in [0.5, 0.6) is 11.5 Å². The quantitative estimate of drug-likeness (QED) is 0.529. The van der Waals surface area contributed by atoms with E-state index in [9.17, 15) is 4.79 Å². The minimum absolute atomic E-state index is 0.0608. The summed E-state index contributed by atoms with van der Waals surface area (Å²) in [6.07, 6.45) is 0. The molecule has 10 heteroatoms. The Bertz CT molecular complexity index is 895. The molecule has 3 rings (SSSR count). The summed E-state index contributed by atoms with van der Waals surface area (Å²) in [6, 6.07) is 15.9. The number of hydrogen-bond acceptors (Lipinski definition) is 7. The highest BCUT2D eigenvalue weighted by atomic mass is 16.5. The monoisotopic (exact) mass is 459 g/mol. The number of rotatable bonds is 7. The van der Waals surface area contributed by atoms with E-state index in [1.165, 1.54) is 5.56 Å². The van der Waals surface area contributed by atoms with E-state index in [1.807, 2.05) is 12.1 Å². The molecule has 178 valence electrons. The van der Waals surface area contributed by atoms with Crippen LogP contribution in [0.4, 0.5) is 5.69 Å². The number of aliphatic carboxylic acids is 2. The first-order valence-electron chi connectivity index (χ1n) is 10.3. The lowest BCUT2D eigenvalue weighted by Gasteiger charge is -2.34. The summed E-state index contributed by atoms with van der Waals surface area (Å²) in [4.78, 5) is 35.3. The molecule has 0 unspecified atom stereocenters. The number of carboxylic acids is 2. The number of ether oxygens (including phenoxy) is 2. The van der Waals surface area contributed by atoms with Gasteiger partial charge in [-0.25, -0.2) is 9.59 Å². The highest BCUT2D eigenvalue weighted by Crippen LogP contribution is 2.34. The van der Waals surface area contributed by atoms with E-state index in [0.29, 0.717) is 23.7 Å². The van der Waals surface area contributed by atoms with Crippen molar-refractivity contribution in [2.75, 3.05) is 52.3 Å². The zero-order valence-corrected chi connectivity index (χ0v) is 18.7. The Hall–Kier alpha value is -3.63. The number of carbonyl (C=O) groups excluding carboxylic acids is 1. The van der Waals surface area contributed by atoms with Crippen LogP contribution in [-0.2, 0) is 20.9 Å². The van der Waals surface area contributed by atoms with Gasteiger partial charge >= 0.3 is 11.9 Å². The van der Waals surface area contributed by atoms with Crippen molar-refractivity contribution in [3.05, 3.63) is 54.1 Å². The fourth-order valence-corrected chi connectivity index (χ4v) is 3.30. The first-order chi connectivity index (χ1) is 15.8. The third-order valence-electron chi connectivity index (χ3n) is 4.96. The molecule has 0 radical (unpaired) electrons. The predicted molar refractivity (Wildman–Crippen MR) is 122 cm³/mol. The molecule has 1 heterocycles. The first kappa shape index (κ1) is 25.6. The van der Waals surface area contributed by atoms with E-state index in [4.69, 9.17) is 29.3 Å². The third kappa shape index (κ3) is 8.43. The number of hydrogen-bond donors (Lipinski definition) is 3. The zero-order valence-electron chi connectivity index (χ0n) is 18.7. The number of para-hydroxylation sites is 1. The summed E-state index contributed by atoms with van der Waals surface area (Å²) < 4.78 is 10.7. The minimum atomic E-state index is -1.82. The number of carboxylic acid groups (broad SMARTS) is 2. The van der Waals surface area contributed by atoms with Gasteiger partial charge in [0.25, 0.3) is 0 Å². The second-order valence-electron chi connectivity index (χ2n) is 7.23. The minimum Gasteiger partial charge on any atom is -0.494 e.